The van der Waals surface area contributed by atoms with Crippen LogP contribution >= 0.6 is 0 Å². The molecule has 0 amide bonds. The molecule has 1 aliphatic rings. The van der Waals surface area contributed by atoms with Crippen molar-refractivity contribution >= 4 is 5.97 Å². The second-order valence-corrected chi connectivity index (χ2v) is 6.20. The quantitative estimate of drug-likeness (QED) is 0.893. The van der Waals surface area contributed by atoms with Crippen molar-refractivity contribution in [3.8, 4) is 0 Å². The van der Waals surface area contributed by atoms with Crippen molar-refractivity contribution in [3.05, 3.63) is 35.9 Å². The highest BCUT2D eigenvalue weighted by Gasteiger charge is 2.29. The minimum Gasteiger partial charge on any atom is -0.481 e. The van der Waals surface area contributed by atoms with Gasteiger partial charge in [0.15, 0.2) is 0 Å². The number of carboxylic acids is 1. The highest BCUT2D eigenvalue weighted by molar-refractivity contribution is 5.67. The van der Waals surface area contributed by atoms with E-state index in [-0.39, 0.29) is 0 Å². The molecule has 1 heterocycles. The van der Waals surface area contributed by atoms with Gasteiger partial charge in [-0.25, -0.2) is 0 Å². The molecule has 0 radical (unpaired) electrons. The number of nitrogens with zero attached hydrogens (tertiary/aromatic N) is 1. The van der Waals surface area contributed by atoms with Crippen molar-refractivity contribution in [2.45, 2.75) is 39.2 Å². The lowest BCUT2D eigenvalue weighted by Crippen LogP contribution is -2.40. The predicted octanol–water partition coefficient (Wildman–Crippen LogP) is 3.57. The molecule has 2 rings (SSSR count). The molecule has 0 spiro atoms. The molecule has 2 atom stereocenters. The number of hydrogen-bond acceptors (Lipinski definition) is 2. The van der Waals surface area contributed by atoms with Gasteiger partial charge in [-0.1, -0.05) is 44.2 Å². The molecule has 110 valence electrons. The standard InChI is InChI=1S/C17H25NO2/c1-13(2)17(15-8-4-3-5-9-15)18-10-6-7-14(12-18)11-16(19)20/h3-5,8-9,13-14,17H,6-7,10-12H2,1-2H3,(H,19,20). The van der Waals surface area contributed by atoms with E-state index >= 15 is 0 Å². The van der Waals surface area contributed by atoms with E-state index in [1.54, 1.807) is 0 Å². The third-order valence-corrected chi connectivity index (χ3v) is 4.18. The molecular formula is C17H25NO2. The third kappa shape index (κ3) is 3.83. The summed E-state index contributed by atoms with van der Waals surface area (Å²) in [5.41, 5.74) is 1.35. The van der Waals surface area contributed by atoms with Crippen LogP contribution < -0.4 is 0 Å². The zero-order chi connectivity index (χ0) is 14.5. The molecular weight excluding hydrogens is 250 g/mol. The summed E-state index contributed by atoms with van der Waals surface area (Å²) >= 11 is 0. The molecule has 1 saturated heterocycles. The Morgan fingerprint density at radius 3 is 2.65 bits per heavy atom. The summed E-state index contributed by atoms with van der Waals surface area (Å²) < 4.78 is 0. The van der Waals surface area contributed by atoms with Crippen LogP contribution in [0.2, 0.25) is 0 Å². The number of rotatable bonds is 5. The summed E-state index contributed by atoms with van der Waals surface area (Å²) in [6.07, 6.45) is 2.45. The summed E-state index contributed by atoms with van der Waals surface area (Å²) in [4.78, 5) is 13.4. The van der Waals surface area contributed by atoms with Crippen LogP contribution in [0.15, 0.2) is 30.3 Å². The van der Waals surface area contributed by atoms with E-state index in [1.807, 2.05) is 6.07 Å². The van der Waals surface area contributed by atoms with Crippen molar-refractivity contribution in [1.29, 1.82) is 0 Å². The first-order valence-corrected chi connectivity index (χ1v) is 7.58. The van der Waals surface area contributed by atoms with Crippen molar-refractivity contribution in [2.24, 2.45) is 11.8 Å². The van der Waals surface area contributed by atoms with E-state index in [2.05, 4.69) is 43.0 Å². The summed E-state index contributed by atoms with van der Waals surface area (Å²) in [6.45, 7) is 6.48. The van der Waals surface area contributed by atoms with E-state index in [0.717, 1.165) is 25.9 Å². The predicted molar refractivity (Wildman–Crippen MR) is 80.6 cm³/mol. The second-order valence-electron chi connectivity index (χ2n) is 6.20. The van der Waals surface area contributed by atoms with Gasteiger partial charge in [0.1, 0.15) is 0 Å². The van der Waals surface area contributed by atoms with Gasteiger partial charge in [-0.3, -0.25) is 9.69 Å². The van der Waals surface area contributed by atoms with Crippen molar-refractivity contribution in [1.82, 2.24) is 4.90 Å². The molecule has 0 aliphatic carbocycles. The molecule has 0 saturated carbocycles. The lowest BCUT2D eigenvalue weighted by atomic mass is 9.88. The molecule has 3 nitrogen and oxygen atoms in total. The topological polar surface area (TPSA) is 40.5 Å². The van der Waals surface area contributed by atoms with Gasteiger partial charge in [-0.05, 0) is 36.8 Å². The molecule has 1 aromatic carbocycles. The van der Waals surface area contributed by atoms with Crippen LogP contribution in [0.3, 0.4) is 0 Å². The Morgan fingerprint density at radius 1 is 1.35 bits per heavy atom. The maximum Gasteiger partial charge on any atom is 0.303 e. The Balaban J connectivity index is 2.11. The molecule has 3 heteroatoms. The molecule has 20 heavy (non-hydrogen) atoms. The number of likely N-dealkylation sites (tertiary alicyclic amines) is 1. The summed E-state index contributed by atoms with van der Waals surface area (Å²) in [5.74, 6) is 0.157. The number of carbonyl (C=O) groups is 1. The zero-order valence-corrected chi connectivity index (χ0v) is 12.5. The van der Waals surface area contributed by atoms with Gasteiger partial charge in [0.2, 0.25) is 0 Å². The minimum absolute atomic E-state index is 0.297. The van der Waals surface area contributed by atoms with Crippen molar-refractivity contribution in [3.63, 3.8) is 0 Å². The Morgan fingerprint density at radius 2 is 2.05 bits per heavy atom. The number of hydrogen-bond donors (Lipinski definition) is 1. The molecule has 2 unspecified atom stereocenters. The first-order chi connectivity index (χ1) is 9.58. The summed E-state index contributed by atoms with van der Waals surface area (Å²) in [5, 5.41) is 9.00. The third-order valence-electron chi connectivity index (χ3n) is 4.18. The molecule has 1 aromatic rings. The monoisotopic (exact) mass is 275 g/mol. The van der Waals surface area contributed by atoms with Crippen molar-refractivity contribution in [2.75, 3.05) is 13.1 Å². The molecule has 1 aliphatic heterocycles. The average molecular weight is 275 g/mol. The first-order valence-electron chi connectivity index (χ1n) is 7.58. The zero-order valence-electron chi connectivity index (χ0n) is 12.5. The largest absolute Gasteiger partial charge is 0.481 e. The van der Waals surface area contributed by atoms with E-state index in [4.69, 9.17) is 5.11 Å². The number of benzene rings is 1. The van der Waals surface area contributed by atoms with E-state index < -0.39 is 5.97 Å². The Hall–Kier alpha value is -1.35. The van der Waals surface area contributed by atoms with Gasteiger partial charge in [-0.2, -0.15) is 0 Å². The minimum atomic E-state index is -0.669. The summed E-state index contributed by atoms with van der Waals surface area (Å²) in [6, 6.07) is 11.0. The molecule has 1 fully saturated rings. The smallest absolute Gasteiger partial charge is 0.303 e. The fourth-order valence-corrected chi connectivity index (χ4v) is 3.43. The highest BCUT2D eigenvalue weighted by atomic mass is 16.4. The summed E-state index contributed by atoms with van der Waals surface area (Å²) in [7, 11) is 0. The van der Waals surface area contributed by atoms with Gasteiger partial charge in [0, 0.05) is 19.0 Å². The van der Waals surface area contributed by atoms with Gasteiger partial charge >= 0.3 is 5.97 Å². The van der Waals surface area contributed by atoms with Crippen molar-refractivity contribution < 1.29 is 9.90 Å². The Kier molecular flexibility index (Phi) is 5.18. The maximum absolute atomic E-state index is 10.9. The van der Waals surface area contributed by atoms with Gasteiger partial charge < -0.3 is 5.11 Å². The van der Waals surface area contributed by atoms with Gasteiger partial charge in [0.05, 0.1) is 0 Å². The van der Waals surface area contributed by atoms with Crippen LogP contribution in [0, 0.1) is 11.8 Å². The highest BCUT2D eigenvalue weighted by Crippen LogP contribution is 2.33. The Bertz CT molecular complexity index is 430. The van der Waals surface area contributed by atoms with Gasteiger partial charge in [0.25, 0.3) is 0 Å². The maximum atomic E-state index is 10.9. The van der Waals surface area contributed by atoms with E-state index in [0.29, 0.717) is 24.3 Å². The first kappa shape index (κ1) is 15.0. The molecule has 1 N–H and O–H groups in total. The molecule has 0 bridgehead atoms. The fourth-order valence-electron chi connectivity index (χ4n) is 3.43. The van der Waals surface area contributed by atoms with Gasteiger partial charge in [-0.15, -0.1) is 0 Å². The lowest BCUT2D eigenvalue weighted by Gasteiger charge is -2.40. The number of carboxylic acid groups (broad SMARTS) is 1. The second kappa shape index (κ2) is 6.89. The average Bonchev–Trinajstić information content (AvgIpc) is 2.39. The van der Waals surface area contributed by atoms with Crippen LogP contribution in [-0.2, 0) is 4.79 Å². The number of aliphatic carboxylic acids is 1. The lowest BCUT2D eigenvalue weighted by molar-refractivity contribution is -0.138. The molecule has 0 aromatic heterocycles. The van der Waals surface area contributed by atoms with Crippen LogP contribution in [0.5, 0.6) is 0 Å². The van der Waals surface area contributed by atoms with Crippen LogP contribution in [-0.4, -0.2) is 29.1 Å². The van der Waals surface area contributed by atoms with E-state index in [1.165, 1.54) is 5.56 Å². The van der Waals surface area contributed by atoms with E-state index in [9.17, 15) is 4.79 Å². The van der Waals surface area contributed by atoms with Crippen LogP contribution in [0.25, 0.3) is 0 Å². The van der Waals surface area contributed by atoms with Crippen LogP contribution in [0.4, 0.5) is 0 Å². The Labute approximate surface area is 121 Å². The fraction of sp³-hybridized carbons (Fsp3) is 0.588. The van der Waals surface area contributed by atoms with Crippen LogP contribution in [0.1, 0.15) is 44.7 Å². The SMILES string of the molecule is CC(C)C(c1ccccc1)N1CCCC(CC(=O)O)C1. The normalized spacial score (nSPS) is 21.9. The number of piperidine rings is 1.